The van der Waals surface area contributed by atoms with Crippen LogP contribution in [0.25, 0.3) is 16.9 Å². The highest BCUT2D eigenvalue weighted by molar-refractivity contribution is 6.31. The summed E-state index contributed by atoms with van der Waals surface area (Å²) in [5.41, 5.74) is 3.99. The number of nitrogens with one attached hydrogen (secondary N) is 2. The first-order valence-corrected chi connectivity index (χ1v) is 11.1. The quantitative estimate of drug-likeness (QED) is 0.324. The van der Waals surface area contributed by atoms with E-state index in [0.29, 0.717) is 28.0 Å². The first kappa shape index (κ1) is 21.6. The molecular weight excluding hydrogens is 448 g/mol. The molecule has 5 rings (SSSR count). The fraction of sp³-hybridized carbons (Fsp3) is 0.0769. The largest absolute Gasteiger partial charge is 0.348 e. The minimum Gasteiger partial charge on any atom is -0.348 e. The summed E-state index contributed by atoms with van der Waals surface area (Å²) in [7, 11) is 0. The van der Waals surface area contributed by atoms with Crippen molar-refractivity contribution < 1.29 is 4.79 Å². The molecule has 0 fully saturated rings. The number of hydrogen-bond acceptors (Lipinski definition) is 5. The van der Waals surface area contributed by atoms with E-state index in [1.54, 1.807) is 42.9 Å². The third kappa shape index (κ3) is 4.60. The Kier molecular flexibility index (Phi) is 5.93. The molecule has 168 valence electrons. The second kappa shape index (κ2) is 9.33. The van der Waals surface area contributed by atoms with Crippen LogP contribution in [0.3, 0.4) is 0 Å². The number of anilines is 2. The van der Waals surface area contributed by atoms with E-state index < -0.39 is 0 Å². The normalized spacial score (nSPS) is 11.8. The fourth-order valence-corrected chi connectivity index (χ4v) is 3.88. The molecule has 1 amide bonds. The van der Waals surface area contributed by atoms with E-state index in [1.165, 1.54) is 0 Å². The van der Waals surface area contributed by atoms with Crippen molar-refractivity contribution >= 4 is 40.2 Å². The van der Waals surface area contributed by atoms with Gasteiger partial charge >= 0.3 is 0 Å². The Morgan fingerprint density at radius 2 is 1.82 bits per heavy atom. The number of para-hydroxylation sites is 2. The first-order chi connectivity index (χ1) is 16.6. The molecule has 2 heterocycles. The smallest absolute Gasteiger partial charge is 0.255 e. The van der Waals surface area contributed by atoms with Gasteiger partial charge in [-0.25, -0.2) is 9.97 Å². The molecule has 0 bridgehead atoms. The van der Waals surface area contributed by atoms with Crippen molar-refractivity contribution in [1.82, 2.24) is 19.5 Å². The second-order valence-electron chi connectivity index (χ2n) is 7.80. The van der Waals surface area contributed by atoms with Gasteiger partial charge in [-0.3, -0.25) is 9.36 Å². The van der Waals surface area contributed by atoms with Crippen LogP contribution in [0, 0.1) is 0 Å². The summed E-state index contributed by atoms with van der Waals surface area (Å²) in [6.07, 6.45) is 3.46. The van der Waals surface area contributed by atoms with Gasteiger partial charge in [0.2, 0.25) is 5.95 Å². The highest BCUT2D eigenvalue weighted by atomic mass is 35.5. The number of carbonyl (C=O) groups is 1. The van der Waals surface area contributed by atoms with Gasteiger partial charge in [0.05, 0.1) is 17.1 Å². The number of benzene rings is 3. The lowest BCUT2D eigenvalue weighted by atomic mass is 10.0. The predicted molar refractivity (Wildman–Crippen MR) is 135 cm³/mol. The number of amides is 1. The van der Waals surface area contributed by atoms with Crippen molar-refractivity contribution in [3.8, 4) is 5.82 Å². The van der Waals surface area contributed by atoms with Crippen molar-refractivity contribution in [2.45, 2.75) is 13.0 Å². The standard InChI is InChI=1S/C26H21ClN6O/c1-17(18-6-4-7-19(14-18)25(34)31-21-9-5-8-20(27)15-21)30-26-28-13-12-24(32-26)33-16-29-22-10-2-3-11-23(22)33/h2-17H,1H3,(H,31,34)(H,28,30,32). The van der Waals surface area contributed by atoms with Crippen molar-refractivity contribution in [2.75, 3.05) is 10.6 Å². The van der Waals surface area contributed by atoms with Gasteiger partial charge in [0.1, 0.15) is 12.1 Å². The number of rotatable bonds is 6. The van der Waals surface area contributed by atoms with E-state index in [1.807, 2.05) is 60.0 Å². The monoisotopic (exact) mass is 468 g/mol. The fourth-order valence-electron chi connectivity index (χ4n) is 3.69. The molecule has 2 aromatic heterocycles. The maximum atomic E-state index is 12.7. The van der Waals surface area contributed by atoms with Gasteiger partial charge in [-0.05, 0) is 61.0 Å². The van der Waals surface area contributed by atoms with Gasteiger partial charge in [0, 0.05) is 22.5 Å². The summed E-state index contributed by atoms with van der Waals surface area (Å²) in [4.78, 5) is 26.2. The van der Waals surface area contributed by atoms with Gasteiger partial charge in [0.25, 0.3) is 5.91 Å². The van der Waals surface area contributed by atoms with Crippen LogP contribution in [0.5, 0.6) is 0 Å². The lowest BCUT2D eigenvalue weighted by Crippen LogP contribution is -2.14. The summed E-state index contributed by atoms with van der Waals surface area (Å²) in [6.45, 7) is 2.00. The molecule has 1 unspecified atom stereocenters. The number of halogens is 1. The molecule has 8 heteroatoms. The lowest BCUT2D eigenvalue weighted by Gasteiger charge is -2.16. The van der Waals surface area contributed by atoms with E-state index >= 15 is 0 Å². The molecule has 0 aliphatic heterocycles. The molecule has 0 spiro atoms. The van der Waals surface area contributed by atoms with E-state index in [9.17, 15) is 4.79 Å². The zero-order valence-corrected chi connectivity index (χ0v) is 19.1. The van der Waals surface area contributed by atoms with Gasteiger partial charge in [-0.1, -0.05) is 41.9 Å². The van der Waals surface area contributed by atoms with Gasteiger partial charge < -0.3 is 10.6 Å². The van der Waals surface area contributed by atoms with E-state index in [-0.39, 0.29) is 11.9 Å². The Morgan fingerprint density at radius 1 is 0.971 bits per heavy atom. The average Bonchev–Trinajstić information content (AvgIpc) is 3.29. The van der Waals surface area contributed by atoms with Crippen molar-refractivity contribution in [2.24, 2.45) is 0 Å². The number of nitrogens with zero attached hydrogens (tertiary/aromatic N) is 4. The predicted octanol–water partition coefficient (Wildman–Crippen LogP) is 5.89. The van der Waals surface area contributed by atoms with Crippen molar-refractivity contribution in [3.05, 3.63) is 108 Å². The summed E-state index contributed by atoms with van der Waals surface area (Å²) in [5, 5.41) is 6.77. The maximum absolute atomic E-state index is 12.7. The number of hydrogen-bond donors (Lipinski definition) is 2. The average molecular weight is 469 g/mol. The Labute approximate surface area is 201 Å². The topological polar surface area (TPSA) is 84.7 Å². The molecule has 0 aliphatic carbocycles. The van der Waals surface area contributed by atoms with Crippen LogP contribution in [0.15, 0.2) is 91.4 Å². The number of imidazole rings is 1. The molecule has 1 atom stereocenters. The molecule has 0 radical (unpaired) electrons. The Balaban J connectivity index is 1.33. The SMILES string of the molecule is CC(Nc1nccc(-n2cnc3ccccc32)n1)c1cccc(C(=O)Nc2cccc(Cl)c2)c1. The van der Waals surface area contributed by atoms with Crippen LogP contribution in [0.1, 0.15) is 28.9 Å². The van der Waals surface area contributed by atoms with Crippen molar-refractivity contribution in [3.63, 3.8) is 0 Å². The van der Waals surface area contributed by atoms with Crippen LogP contribution < -0.4 is 10.6 Å². The zero-order valence-electron chi connectivity index (χ0n) is 18.3. The highest BCUT2D eigenvalue weighted by Gasteiger charge is 2.13. The van der Waals surface area contributed by atoms with Crippen LogP contribution in [0.2, 0.25) is 5.02 Å². The Bertz CT molecular complexity index is 1480. The first-order valence-electron chi connectivity index (χ1n) is 10.8. The van der Waals surface area contributed by atoms with Gasteiger partial charge in [-0.2, -0.15) is 4.98 Å². The van der Waals surface area contributed by atoms with Crippen LogP contribution in [-0.4, -0.2) is 25.4 Å². The number of carbonyl (C=O) groups excluding carboxylic acids is 1. The molecular formula is C26H21ClN6O. The number of aromatic nitrogens is 4. The van der Waals surface area contributed by atoms with Crippen LogP contribution in [0.4, 0.5) is 11.6 Å². The molecule has 2 N–H and O–H groups in total. The molecule has 3 aromatic carbocycles. The minimum absolute atomic E-state index is 0.131. The van der Waals surface area contributed by atoms with Crippen molar-refractivity contribution in [1.29, 1.82) is 0 Å². The highest BCUT2D eigenvalue weighted by Crippen LogP contribution is 2.22. The summed E-state index contributed by atoms with van der Waals surface area (Å²) >= 11 is 6.01. The maximum Gasteiger partial charge on any atom is 0.255 e. The Hall–Kier alpha value is -4.23. The van der Waals surface area contributed by atoms with E-state index in [4.69, 9.17) is 11.6 Å². The van der Waals surface area contributed by atoms with Crippen LogP contribution >= 0.6 is 11.6 Å². The van der Waals surface area contributed by atoms with E-state index in [0.717, 1.165) is 16.6 Å². The molecule has 5 aromatic rings. The summed E-state index contributed by atoms with van der Waals surface area (Å²) < 4.78 is 1.92. The lowest BCUT2D eigenvalue weighted by molar-refractivity contribution is 0.102. The van der Waals surface area contributed by atoms with Crippen LogP contribution in [-0.2, 0) is 0 Å². The van der Waals surface area contributed by atoms with Gasteiger partial charge in [-0.15, -0.1) is 0 Å². The third-order valence-corrected chi connectivity index (χ3v) is 5.65. The summed E-state index contributed by atoms with van der Waals surface area (Å²) in [6, 6.07) is 24.1. The molecule has 7 nitrogen and oxygen atoms in total. The number of fused-ring (bicyclic) bond motifs is 1. The van der Waals surface area contributed by atoms with Gasteiger partial charge in [0.15, 0.2) is 0 Å². The molecule has 0 saturated heterocycles. The zero-order chi connectivity index (χ0) is 23.5. The van der Waals surface area contributed by atoms with E-state index in [2.05, 4.69) is 25.6 Å². The summed E-state index contributed by atoms with van der Waals surface area (Å²) in [5.74, 6) is 0.992. The molecule has 0 saturated carbocycles. The minimum atomic E-state index is -0.207. The third-order valence-electron chi connectivity index (χ3n) is 5.42. The Morgan fingerprint density at radius 3 is 2.71 bits per heavy atom. The molecule has 34 heavy (non-hydrogen) atoms. The molecule has 0 aliphatic rings. The second-order valence-corrected chi connectivity index (χ2v) is 8.23.